The zero-order valence-electron chi connectivity index (χ0n) is 15.9. The van der Waals surface area contributed by atoms with E-state index in [2.05, 4.69) is 21.3 Å². The van der Waals surface area contributed by atoms with E-state index in [1.807, 2.05) is 53.4 Å². The molecular formula is C21H23N5O2. The molecule has 0 saturated carbocycles. The Balaban J connectivity index is 1.36. The lowest BCUT2D eigenvalue weighted by molar-refractivity contribution is 0.0740. The van der Waals surface area contributed by atoms with Crippen molar-refractivity contribution in [1.82, 2.24) is 19.9 Å². The predicted octanol–water partition coefficient (Wildman–Crippen LogP) is 2.30. The minimum atomic E-state index is -0.0652. The third-order valence-electron chi connectivity index (χ3n) is 4.93. The third-order valence-corrected chi connectivity index (χ3v) is 4.93. The van der Waals surface area contributed by atoms with Crippen LogP contribution in [0, 0.1) is 0 Å². The highest BCUT2D eigenvalue weighted by Crippen LogP contribution is 2.22. The quantitative estimate of drug-likeness (QED) is 0.683. The van der Waals surface area contributed by atoms with E-state index in [-0.39, 0.29) is 5.91 Å². The van der Waals surface area contributed by atoms with E-state index in [0.717, 1.165) is 30.1 Å². The lowest BCUT2D eigenvalue weighted by Gasteiger charge is -2.35. The fraction of sp³-hybridized carbons (Fsp3) is 0.286. The summed E-state index contributed by atoms with van der Waals surface area (Å²) in [6.07, 6.45) is 1.73. The third kappa shape index (κ3) is 3.98. The Labute approximate surface area is 164 Å². The fourth-order valence-electron chi connectivity index (χ4n) is 3.38. The van der Waals surface area contributed by atoms with Crippen LogP contribution in [-0.2, 0) is 6.54 Å². The van der Waals surface area contributed by atoms with Crippen molar-refractivity contribution in [2.45, 2.75) is 6.54 Å². The van der Waals surface area contributed by atoms with Crippen LogP contribution in [0.25, 0.3) is 0 Å². The van der Waals surface area contributed by atoms with Gasteiger partial charge >= 0.3 is 0 Å². The zero-order chi connectivity index (χ0) is 19.3. The molecular weight excluding hydrogens is 354 g/mol. The van der Waals surface area contributed by atoms with Crippen molar-refractivity contribution in [3.8, 4) is 5.75 Å². The Hall–Kier alpha value is -3.35. The number of piperazine rings is 1. The van der Waals surface area contributed by atoms with E-state index in [1.54, 1.807) is 18.0 Å². The van der Waals surface area contributed by atoms with Gasteiger partial charge in [0.1, 0.15) is 5.75 Å². The summed E-state index contributed by atoms with van der Waals surface area (Å²) in [6.45, 7) is 3.46. The second-order valence-electron chi connectivity index (χ2n) is 6.77. The maximum absolute atomic E-state index is 12.8. The molecule has 1 saturated heterocycles. The van der Waals surface area contributed by atoms with Crippen LogP contribution in [0.15, 0.2) is 60.8 Å². The van der Waals surface area contributed by atoms with Crippen molar-refractivity contribution in [1.29, 1.82) is 0 Å². The SMILES string of the molecule is COc1cccc(N2CCN(C(=O)c3cn(Cc4ccccc4)nn3)CC2)c1. The second-order valence-corrected chi connectivity index (χ2v) is 6.77. The van der Waals surface area contributed by atoms with E-state index in [1.165, 1.54) is 0 Å². The molecule has 0 spiro atoms. The minimum absolute atomic E-state index is 0.0652. The number of benzene rings is 2. The number of carbonyl (C=O) groups excluding carboxylic acids is 1. The fourth-order valence-corrected chi connectivity index (χ4v) is 3.38. The molecule has 7 nitrogen and oxygen atoms in total. The van der Waals surface area contributed by atoms with E-state index in [4.69, 9.17) is 4.74 Å². The first-order valence-electron chi connectivity index (χ1n) is 9.35. The van der Waals surface area contributed by atoms with Gasteiger partial charge in [-0.3, -0.25) is 4.79 Å². The molecule has 144 valence electrons. The molecule has 1 aliphatic heterocycles. The van der Waals surface area contributed by atoms with Crippen LogP contribution in [0.4, 0.5) is 5.69 Å². The molecule has 1 amide bonds. The molecule has 0 unspecified atom stereocenters. The summed E-state index contributed by atoms with van der Waals surface area (Å²) in [5.74, 6) is 0.774. The normalized spacial score (nSPS) is 14.2. The molecule has 2 heterocycles. The van der Waals surface area contributed by atoms with E-state index in [0.29, 0.717) is 25.3 Å². The average molecular weight is 377 g/mol. The Morgan fingerprint density at radius 2 is 1.82 bits per heavy atom. The van der Waals surface area contributed by atoms with Crippen LogP contribution in [0.1, 0.15) is 16.1 Å². The van der Waals surface area contributed by atoms with Crippen LogP contribution < -0.4 is 9.64 Å². The topological polar surface area (TPSA) is 63.5 Å². The second kappa shape index (κ2) is 8.12. The van der Waals surface area contributed by atoms with Crippen LogP contribution >= 0.6 is 0 Å². The van der Waals surface area contributed by atoms with Crippen molar-refractivity contribution < 1.29 is 9.53 Å². The van der Waals surface area contributed by atoms with Gasteiger partial charge in [0, 0.05) is 37.9 Å². The molecule has 3 aromatic rings. The van der Waals surface area contributed by atoms with Gasteiger partial charge in [-0.15, -0.1) is 5.10 Å². The highest BCUT2D eigenvalue weighted by atomic mass is 16.5. The van der Waals surface area contributed by atoms with Gasteiger partial charge in [-0.2, -0.15) is 0 Å². The van der Waals surface area contributed by atoms with Crippen LogP contribution in [-0.4, -0.2) is 59.1 Å². The Bertz CT molecular complexity index is 933. The number of hydrogen-bond acceptors (Lipinski definition) is 5. The van der Waals surface area contributed by atoms with Crippen molar-refractivity contribution in [2.24, 2.45) is 0 Å². The maximum Gasteiger partial charge on any atom is 0.276 e. The standard InChI is InChI=1S/C21H23N5O2/c1-28-19-9-5-8-18(14-19)24-10-12-25(13-11-24)21(27)20-16-26(23-22-20)15-17-6-3-2-4-7-17/h2-9,14,16H,10-13,15H2,1H3. The molecule has 0 radical (unpaired) electrons. The smallest absolute Gasteiger partial charge is 0.276 e. The average Bonchev–Trinajstić information content (AvgIpc) is 3.22. The van der Waals surface area contributed by atoms with Crippen molar-refractivity contribution in [2.75, 3.05) is 38.2 Å². The van der Waals surface area contributed by atoms with Gasteiger partial charge in [-0.1, -0.05) is 41.6 Å². The van der Waals surface area contributed by atoms with Gasteiger partial charge in [0.05, 0.1) is 19.9 Å². The maximum atomic E-state index is 12.8. The molecule has 1 aliphatic rings. The summed E-state index contributed by atoms with van der Waals surface area (Å²) in [6, 6.07) is 18.0. The van der Waals surface area contributed by atoms with Gasteiger partial charge in [0.25, 0.3) is 5.91 Å². The first kappa shape index (κ1) is 18.0. The summed E-state index contributed by atoms with van der Waals surface area (Å²) in [4.78, 5) is 16.9. The van der Waals surface area contributed by atoms with Crippen molar-refractivity contribution in [3.05, 3.63) is 72.1 Å². The summed E-state index contributed by atoms with van der Waals surface area (Å²) >= 11 is 0. The Morgan fingerprint density at radius 1 is 1.04 bits per heavy atom. The first-order valence-corrected chi connectivity index (χ1v) is 9.35. The highest BCUT2D eigenvalue weighted by Gasteiger charge is 2.24. The number of amides is 1. The lowest BCUT2D eigenvalue weighted by Crippen LogP contribution is -2.48. The van der Waals surface area contributed by atoms with Gasteiger partial charge in [-0.25, -0.2) is 4.68 Å². The van der Waals surface area contributed by atoms with E-state index >= 15 is 0 Å². The summed E-state index contributed by atoms with van der Waals surface area (Å²) in [5.41, 5.74) is 2.63. The number of rotatable bonds is 5. The van der Waals surface area contributed by atoms with Crippen LogP contribution in [0.2, 0.25) is 0 Å². The number of ether oxygens (including phenoxy) is 1. The molecule has 1 aromatic heterocycles. The number of aromatic nitrogens is 3. The molecule has 2 aromatic carbocycles. The monoisotopic (exact) mass is 377 g/mol. The molecule has 0 aliphatic carbocycles. The summed E-state index contributed by atoms with van der Waals surface area (Å²) in [5, 5.41) is 8.18. The first-order chi connectivity index (χ1) is 13.7. The number of carbonyl (C=O) groups is 1. The number of hydrogen-bond donors (Lipinski definition) is 0. The predicted molar refractivity (Wildman–Crippen MR) is 107 cm³/mol. The molecule has 4 rings (SSSR count). The zero-order valence-corrected chi connectivity index (χ0v) is 15.9. The van der Waals surface area contributed by atoms with Gasteiger partial charge in [0.15, 0.2) is 5.69 Å². The molecule has 0 N–H and O–H groups in total. The van der Waals surface area contributed by atoms with E-state index < -0.39 is 0 Å². The molecule has 7 heteroatoms. The van der Waals surface area contributed by atoms with Crippen molar-refractivity contribution >= 4 is 11.6 Å². The molecule has 1 fully saturated rings. The largest absolute Gasteiger partial charge is 0.497 e. The van der Waals surface area contributed by atoms with Gasteiger partial charge in [-0.05, 0) is 17.7 Å². The van der Waals surface area contributed by atoms with Gasteiger partial charge in [0.2, 0.25) is 0 Å². The summed E-state index contributed by atoms with van der Waals surface area (Å²) < 4.78 is 7.00. The van der Waals surface area contributed by atoms with Gasteiger partial charge < -0.3 is 14.5 Å². The molecule has 28 heavy (non-hydrogen) atoms. The Morgan fingerprint density at radius 3 is 2.57 bits per heavy atom. The lowest BCUT2D eigenvalue weighted by atomic mass is 10.2. The number of anilines is 1. The van der Waals surface area contributed by atoms with Crippen LogP contribution in [0.3, 0.4) is 0 Å². The summed E-state index contributed by atoms with van der Waals surface area (Å²) in [7, 11) is 1.67. The molecule has 0 atom stereocenters. The Kier molecular flexibility index (Phi) is 5.23. The highest BCUT2D eigenvalue weighted by molar-refractivity contribution is 5.92. The number of nitrogens with zero attached hydrogens (tertiary/aromatic N) is 5. The van der Waals surface area contributed by atoms with Crippen LogP contribution in [0.5, 0.6) is 5.75 Å². The molecule has 0 bridgehead atoms. The minimum Gasteiger partial charge on any atom is -0.497 e. The van der Waals surface area contributed by atoms with Crippen molar-refractivity contribution in [3.63, 3.8) is 0 Å². The van der Waals surface area contributed by atoms with E-state index in [9.17, 15) is 4.79 Å². The number of methoxy groups -OCH3 is 1.